The molecule has 0 fully saturated rings. The second kappa shape index (κ2) is 6.16. The normalized spacial score (nSPS) is 11.8. The zero-order valence-corrected chi connectivity index (χ0v) is 10.9. The Balaban J connectivity index is 2.98. The van der Waals surface area contributed by atoms with Crippen LogP contribution in [0.25, 0.3) is 0 Å². The van der Waals surface area contributed by atoms with E-state index in [0.29, 0.717) is 17.7 Å². The van der Waals surface area contributed by atoms with Crippen molar-refractivity contribution in [2.45, 2.75) is 26.3 Å². The van der Waals surface area contributed by atoms with E-state index in [2.05, 4.69) is 10.6 Å². The summed E-state index contributed by atoms with van der Waals surface area (Å²) in [5.74, 6) is -0.418. The lowest BCUT2D eigenvalue weighted by Crippen LogP contribution is -2.35. The van der Waals surface area contributed by atoms with Crippen LogP contribution in [0.3, 0.4) is 0 Å². The summed E-state index contributed by atoms with van der Waals surface area (Å²) < 4.78 is 0. The van der Waals surface area contributed by atoms with Gasteiger partial charge in [-0.25, -0.2) is 0 Å². The van der Waals surface area contributed by atoms with Gasteiger partial charge < -0.3 is 16.4 Å². The number of benzene rings is 1. The molecular weight excluding hydrogens is 230 g/mol. The fourth-order valence-corrected chi connectivity index (χ4v) is 1.56. The second-order valence-electron chi connectivity index (χ2n) is 4.06. The summed E-state index contributed by atoms with van der Waals surface area (Å²) in [6.45, 7) is 3.63. The van der Waals surface area contributed by atoms with E-state index in [1.54, 1.807) is 32.2 Å². The Morgan fingerprint density at radius 3 is 2.61 bits per heavy atom. The second-order valence-corrected chi connectivity index (χ2v) is 4.06. The molecule has 18 heavy (non-hydrogen) atoms. The topological polar surface area (TPSA) is 84.2 Å². The van der Waals surface area contributed by atoms with Crippen molar-refractivity contribution < 1.29 is 9.59 Å². The van der Waals surface area contributed by atoms with E-state index in [1.165, 1.54) is 0 Å². The van der Waals surface area contributed by atoms with E-state index in [1.807, 2.05) is 6.92 Å². The van der Waals surface area contributed by atoms with Gasteiger partial charge in [0, 0.05) is 18.3 Å². The highest BCUT2D eigenvalue weighted by Crippen LogP contribution is 2.19. The first-order chi connectivity index (χ1) is 8.51. The molecule has 1 aromatic rings. The molecule has 0 aliphatic rings. The summed E-state index contributed by atoms with van der Waals surface area (Å²) >= 11 is 0. The predicted molar refractivity (Wildman–Crippen MR) is 71.5 cm³/mol. The highest BCUT2D eigenvalue weighted by atomic mass is 16.2. The first-order valence-corrected chi connectivity index (χ1v) is 5.89. The lowest BCUT2D eigenvalue weighted by Gasteiger charge is -2.14. The van der Waals surface area contributed by atoms with Crippen molar-refractivity contribution in [2.75, 3.05) is 12.4 Å². The third-order valence-corrected chi connectivity index (χ3v) is 2.84. The number of anilines is 1. The number of hydrogen-bond donors (Lipinski definition) is 3. The van der Waals surface area contributed by atoms with Gasteiger partial charge in [0.25, 0.3) is 5.91 Å². The van der Waals surface area contributed by atoms with Crippen molar-refractivity contribution >= 4 is 17.5 Å². The molecule has 4 N–H and O–H groups in total. The zero-order valence-electron chi connectivity index (χ0n) is 10.9. The van der Waals surface area contributed by atoms with Crippen LogP contribution < -0.4 is 16.4 Å². The lowest BCUT2D eigenvalue weighted by atomic mass is 10.1. The average Bonchev–Trinajstić information content (AvgIpc) is 2.39. The van der Waals surface area contributed by atoms with Gasteiger partial charge in [-0.05, 0) is 31.0 Å². The first-order valence-electron chi connectivity index (χ1n) is 5.89. The summed E-state index contributed by atoms with van der Waals surface area (Å²) in [6, 6.07) is 4.66. The summed E-state index contributed by atoms with van der Waals surface area (Å²) in [5.41, 5.74) is 7.53. The highest BCUT2D eigenvalue weighted by molar-refractivity contribution is 6.00. The van der Waals surface area contributed by atoms with Crippen LogP contribution >= 0.6 is 0 Å². The Morgan fingerprint density at radius 1 is 1.39 bits per heavy atom. The van der Waals surface area contributed by atoms with Crippen LogP contribution in [0.1, 0.15) is 29.3 Å². The molecule has 1 atom stereocenters. The molecule has 5 heteroatoms. The van der Waals surface area contributed by atoms with Gasteiger partial charge in [-0.1, -0.05) is 13.0 Å². The molecule has 1 aromatic carbocycles. The minimum Gasteiger partial charge on any atom is -0.355 e. The van der Waals surface area contributed by atoms with Gasteiger partial charge in [0.05, 0.1) is 6.04 Å². The molecule has 0 aliphatic carbocycles. The number of hydrogen-bond acceptors (Lipinski definition) is 3. The molecule has 5 nitrogen and oxygen atoms in total. The van der Waals surface area contributed by atoms with Crippen LogP contribution in [0.5, 0.6) is 0 Å². The van der Waals surface area contributed by atoms with Crippen LogP contribution in [0.4, 0.5) is 5.69 Å². The molecule has 0 radical (unpaired) electrons. The van der Waals surface area contributed by atoms with Gasteiger partial charge in [-0.15, -0.1) is 0 Å². The van der Waals surface area contributed by atoms with Crippen molar-refractivity contribution in [1.82, 2.24) is 5.32 Å². The minimum atomic E-state index is -0.534. The van der Waals surface area contributed by atoms with Crippen molar-refractivity contribution in [2.24, 2.45) is 5.73 Å². The summed E-state index contributed by atoms with van der Waals surface area (Å²) in [4.78, 5) is 23.3. The minimum absolute atomic E-state index is 0.177. The standard InChI is InChI=1S/C13H19N3O2/c1-4-10(14)13(18)16-11-7-5-6-9(8(11)2)12(17)15-3/h5-7,10H,4,14H2,1-3H3,(H,15,17)(H,16,18)/t10-/m1/s1. The van der Waals surface area contributed by atoms with Crippen molar-refractivity contribution in [3.8, 4) is 0 Å². The van der Waals surface area contributed by atoms with Gasteiger partial charge in [0.1, 0.15) is 0 Å². The highest BCUT2D eigenvalue weighted by Gasteiger charge is 2.15. The van der Waals surface area contributed by atoms with Crippen LogP contribution in [-0.2, 0) is 4.79 Å². The Labute approximate surface area is 107 Å². The zero-order chi connectivity index (χ0) is 13.7. The first kappa shape index (κ1) is 14.2. The Bertz CT molecular complexity index is 458. The molecule has 2 amide bonds. The van der Waals surface area contributed by atoms with E-state index < -0.39 is 6.04 Å². The van der Waals surface area contributed by atoms with E-state index in [0.717, 1.165) is 5.56 Å². The molecule has 98 valence electrons. The summed E-state index contributed by atoms with van der Waals surface area (Å²) in [7, 11) is 1.57. The predicted octanol–water partition coefficient (Wildman–Crippen LogP) is 1.03. The maximum Gasteiger partial charge on any atom is 0.251 e. The van der Waals surface area contributed by atoms with Gasteiger partial charge in [0.15, 0.2) is 0 Å². The monoisotopic (exact) mass is 249 g/mol. The Hall–Kier alpha value is -1.88. The Morgan fingerprint density at radius 2 is 2.06 bits per heavy atom. The largest absolute Gasteiger partial charge is 0.355 e. The molecule has 0 unspecified atom stereocenters. The van der Waals surface area contributed by atoms with Gasteiger partial charge >= 0.3 is 0 Å². The van der Waals surface area contributed by atoms with Gasteiger partial charge in [-0.2, -0.15) is 0 Å². The van der Waals surface area contributed by atoms with Crippen LogP contribution in [0.15, 0.2) is 18.2 Å². The fourth-order valence-electron chi connectivity index (χ4n) is 1.56. The summed E-state index contributed by atoms with van der Waals surface area (Å²) in [6.07, 6.45) is 0.569. The van der Waals surface area contributed by atoms with Crippen molar-refractivity contribution in [1.29, 1.82) is 0 Å². The number of carbonyl (C=O) groups excluding carboxylic acids is 2. The molecule has 1 rings (SSSR count). The van der Waals surface area contributed by atoms with E-state index in [-0.39, 0.29) is 11.8 Å². The molecule has 0 spiro atoms. The number of amides is 2. The van der Waals surface area contributed by atoms with Gasteiger partial charge in [0.2, 0.25) is 5.91 Å². The van der Waals surface area contributed by atoms with Crippen molar-refractivity contribution in [3.63, 3.8) is 0 Å². The molecular formula is C13H19N3O2. The van der Waals surface area contributed by atoms with Crippen molar-refractivity contribution in [3.05, 3.63) is 29.3 Å². The Kier molecular flexibility index (Phi) is 4.85. The fraction of sp³-hybridized carbons (Fsp3) is 0.385. The maximum atomic E-state index is 11.7. The van der Waals surface area contributed by atoms with Gasteiger partial charge in [-0.3, -0.25) is 9.59 Å². The number of nitrogens with one attached hydrogen (secondary N) is 2. The molecule has 0 saturated heterocycles. The number of rotatable bonds is 4. The molecule has 0 saturated carbocycles. The third-order valence-electron chi connectivity index (χ3n) is 2.84. The smallest absolute Gasteiger partial charge is 0.251 e. The average molecular weight is 249 g/mol. The number of nitrogens with two attached hydrogens (primary N) is 1. The molecule has 0 heterocycles. The quantitative estimate of drug-likeness (QED) is 0.745. The van der Waals surface area contributed by atoms with Crippen LogP contribution in [0, 0.1) is 6.92 Å². The third kappa shape index (κ3) is 3.07. The molecule has 0 bridgehead atoms. The molecule has 0 aromatic heterocycles. The maximum absolute atomic E-state index is 11.7. The van der Waals surface area contributed by atoms with E-state index >= 15 is 0 Å². The lowest BCUT2D eigenvalue weighted by molar-refractivity contribution is -0.117. The van der Waals surface area contributed by atoms with E-state index in [9.17, 15) is 9.59 Å². The SMILES string of the molecule is CC[C@@H](N)C(=O)Nc1cccc(C(=O)NC)c1C. The van der Waals surface area contributed by atoms with E-state index in [4.69, 9.17) is 5.73 Å². The molecule has 0 aliphatic heterocycles. The van der Waals surface area contributed by atoms with Crippen LogP contribution in [-0.4, -0.2) is 24.9 Å². The summed E-state index contributed by atoms with van der Waals surface area (Å²) in [5, 5.41) is 5.30. The van der Waals surface area contributed by atoms with Crippen LogP contribution in [0.2, 0.25) is 0 Å². The number of carbonyl (C=O) groups is 2.